The Bertz CT molecular complexity index is 1350. The van der Waals surface area contributed by atoms with Gasteiger partial charge in [0, 0.05) is 43.4 Å². The first-order valence-electron chi connectivity index (χ1n) is 10.2. The van der Waals surface area contributed by atoms with E-state index in [0.717, 1.165) is 27.9 Å². The molecule has 162 valence electrons. The highest BCUT2D eigenvalue weighted by molar-refractivity contribution is 7.71. The zero-order chi connectivity index (χ0) is 22.7. The number of nitrogens with one attached hydrogen (secondary N) is 3. The molecule has 0 radical (unpaired) electrons. The third-order valence-electron chi connectivity index (χ3n) is 5.26. The van der Waals surface area contributed by atoms with Crippen LogP contribution >= 0.6 is 12.2 Å². The maximum absolute atomic E-state index is 12.2. The average Bonchev–Trinajstić information content (AvgIpc) is 2.81. The molecule has 0 saturated heterocycles. The molecule has 3 heterocycles. The van der Waals surface area contributed by atoms with Crippen molar-refractivity contribution in [2.45, 2.75) is 19.8 Å². The summed E-state index contributed by atoms with van der Waals surface area (Å²) in [4.78, 5) is 32.8. The van der Waals surface area contributed by atoms with Gasteiger partial charge in [0.15, 0.2) is 0 Å². The second kappa shape index (κ2) is 9.19. The highest BCUT2D eigenvalue weighted by atomic mass is 32.1. The van der Waals surface area contributed by atoms with Crippen molar-refractivity contribution in [1.29, 1.82) is 0 Å². The van der Waals surface area contributed by atoms with E-state index in [-0.39, 0.29) is 11.8 Å². The summed E-state index contributed by atoms with van der Waals surface area (Å²) < 4.78 is 0.587. The lowest BCUT2D eigenvalue weighted by Gasteiger charge is -2.16. The molecule has 0 aliphatic heterocycles. The van der Waals surface area contributed by atoms with Gasteiger partial charge in [0.05, 0.1) is 22.3 Å². The number of aromatic amines is 1. The third kappa shape index (κ3) is 4.33. The number of fused-ring (bicyclic) bond motifs is 1. The Morgan fingerprint density at radius 2 is 2.03 bits per heavy atom. The standard InChI is InChI=1S/C23H23N7OS/c1-13(15-5-4-6-16-17(22(31)24-3)7-8-25-21(15)16)10-27-20-9-19(28-12-29-20)18-11-26-14(2)30-23(18)32/h4-9,11-13H,10H2,1-3H3,(H,24,31)(H,26,30,32)(H,27,28,29). The fourth-order valence-corrected chi connectivity index (χ4v) is 3.87. The van der Waals surface area contributed by atoms with Crippen molar-refractivity contribution >= 4 is 34.8 Å². The summed E-state index contributed by atoms with van der Waals surface area (Å²) in [6, 6.07) is 9.51. The van der Waals surface area contributed by atoms with Crippen LogP contribution in [0.25, 0.3) is 22.2 Å². The number of anilines is 1. The molecule has 3 N–H and O–H groups in total. The van der Waals surface area contributed by atoms with E-state index < -0.39 is 0 Å². The predicted octanol–water partition coefficient (Wildman–Crippen LogP) is 4.03. The largest absolute Gasteiger partial charge is 0.369 e. The topological polar surface area (TPSA) is 108 Å². The minimum absolute atomic E-state index is 0.119. The normalized spacial score (nSPS) is 11.8. The quantitative estimate of drug-likeness (QED) is 0.385. The smallest absolute Gasteiger partial charge is 0.251 e. The zero-order valence-corrected chi connectivity index (χ0v) is 18.8. The van der Waals surface area contributed by atoms with Crippen LogP contribution in [0, 0.1) is 11.6 Å². The summed E-state index contributed by atoms with van der Waals surface area (Å²) >= 11 is 5.41. The van der Waals surface area contributed by atoms with Crippen LogP contribution in [0.3, 0.4) is 0 Å². The fraction of sp³-hybridized carbons (Fsp3) is 0.217. The fourth-order valence-electron chi connectivity index (χ4n) is 3.56. The van der Waals surface area contributed by atoms with Crippen LogP contribution in [-0.4, -0.2) is 44.4 Å². The molecule has 4 aromatic rings. The van der Waals surface area contributed by atoms with Gasteiger partial charge in [-0.2, -0.15) is 0 Å². The highest BCUT2D eigenvalue weighted by Gasteiger charge is 2.15. The summed E-state index contributed by atoms with van der Waals surface area (Å²) in [5, 5.41) is 6.90. The van der Waals surface area contributed by atoms with Gasteiger partial charge in [-0.25, -0.2) is 15.0 Å². The Morgan fingerprint density at radius 3 is 2.81 bits per heavy atom. The maximum Gasteiger partial charge on any atom is 0.251 e. The van der Waals surface area contributed by atoms with Crippen molar-refractivity contribution in [3.63, 3.8) is 0 Å². The molecule has 4 rings (SSSR count). The number of carbonyl (C=O) groups is 1. The molecule has 0 bridgehead atoms. The van der Waals surface area contributed by atoms with E-state index in [4.69, 9.17) is 12.2 Å². The number of aromatic nitrogens is 5. The SMILES string of the molecule is CNC(=O)c1ccnc2c(C(C)CNc3cc(-c4cnc(C)[nH]c4=S)ncn3)cccc12. The predicted molar refractivity (Wildman–Crippen MR) is 127 cm³/mol. The summed E-state index contributed by atoms with van der Waals surface area (Å²) in [6.45, 7) is 4.59. The molecule has 1 aromatic carbocycles. The van der Waals surface area contributed by atoms with Crippen molar-refractivity contribution in [2.75, 3.05) is 18.9 Å². The van der Waals surface area contributed by atoms with E-state index in [9.17, 15) is 4.79 Å². The van der Waals surface area contributed by atoms with Crippen LogP contribution in [0.1, 0.15) is 34.6 Å². The lowest BCUT2D eigenvalue weighted by Crippen LogP contribution is -2.18. The first-order chi connectivity index (χ1) is 15.5. The number of benzene rings is 1. The molecule has 0 saturated carbocycles. The van der Waals surface area contributed by atoms with Crippen molar-refractivity contribution in [3.8, 4) is 11.3 Å². The van der Waals surface area contributed by atoms with E-state index in [1.54, 1.807) is 25.5 Å². The van der Waals surface area contributed by atoms with Gasteiger partial charge >= 0.3 is 0 Å². The van der Waals surface area contributed by atoms with Gasteiger partial charge < -0.3 is 15.6 Å². The first kappa shape index (κ1) is 21.5. The Kier molecular flexibility index (Phi) is 6.18. The number of carbonyl (C=O) groups excluding carboxylic acids is 1. The van der Waals surface area contributed by atoms with Crippen LogP contribution in [0.4, 0.5) is 5.82 Å². The van der Waals surface area contributed by atoms with Gasteiger partial charge in [0.2, 0.25) is 0 Å². The first-order valence-corrected chi connectivity index (χ1v) is 10.6. The number of aryl methyl sites for hydroxylation is 1. The summed E-state index contributed by atoms with van der Waals surface area (Å²) in [5.74, 6) is 1.44. The van der Waals surface area contributed by atoms with Crippen LogP contribution in [0.2, 0.25) is 0 Å². The van der Waals surface area contributed by atoms with Crippen LogP contribution < -0.4 is 10.6 Å². The average molecular weight is 446 g/mol. The van der Waals surface area contributed by atoms with Gasteiger partial charge in [0.1, 0.15) is 22.6 Å². The molecule has 9 heteroatoms. The van der Waals surface area contributed by atoms with Gasteiger partial charge in [-0.15, -0.1) is 0 Å². The molecule has 1 unspecified atom stereocenters. The van der Waals surface area contributed by atoms with Crippen molar-refractivity contribution in [3.05, 3.63) is 70.6 Å². The molecular formula is C23H23N7OS. The number of amides is 1. The minimum atomic E-state index is -0.127. The second-order valence-corrected chi connectivity index (χ2v) is 7.87. The molecule has 0 aliphatic carbocycles. The number of H-pyrrole nitrogens is 1. The van der Waals surface area contributed by atoms with Gasteiger partial charge in [0.25, 0.3) is 5.91 Å². The van der Waals surface area contributed by atoms with Gasteiger partial charge in [-0.3, -0.25) is 9.78 Å². The molecule has 1 amide bonds. The highest BCUT2D eigenvalue weighted by Crippen LogP contribution is 2.27. The molecule has 0 spiro atoms. The van der Waals surface area contributed by atoms with E-state index >= 15 is 0 Å². The third-order valence-corrected chi connectivity index (χ3v) is 5.59. The van der Waals surface area contributed by atoms with E-state index in [1.807, 2.05) is 31.2 Å². The number of para-hydroxylation sites is 1. The molecule has 8 nitrogen and oxygen atoms in total. The Labute approximate surface area is 190 Å². The van der Waals surface area contributed by atoms with Crippen LogP contribution in [0.5, 0.6) is 0 Å². The number of pyridine rings is 1. The molecule has 32 heavy (non-hydrogen) atoms. The van der Waals surface area contributed by atoms with Crippen molar-refractivity contribution in [1.82, 2.24) is 30.2 Å². The monoisotopic (exact) mass is 445 g/mol. The Morgan fingerprint density at radius 1 is 1.19 bits per heavy atom. The number of hydrogen-bond acceptors (Lipinski definition) is 7. The number of hydrogen-bond donors (Lipinski definition) is 3. The van der Waals surface area contributed by atoms with E-state index in [0.29, 0.717) is 28.3 Å². The van der Waals surface area contributed by atoms with Gasteiger partial charge in [-0.05, 0) is 18.6 Å². The maximum atomic E-state index is 12.2. The summed E-state index contributed by atoms with van der Waals surface area (Å²) in [7, 11) is 1.63. The molecule has 0 fully saturated rings. The Balaban J connectivity index is 1.57. The number of rotatable bonds is 6. The van der Waals surface area contributed by atoms with Gasteiger partial charge in [-0.1, -0.05) is 37.3 Å². The van der Waals surface area contributed by atoms with Crippen LogP contribution in [0.15, 0.2) is 49.1 Å². The zero-order valence-electron chi connectivity index (χ0n) is 18.0. The molecule has 3 aromatic heterocycles. The van der Waals surface area contributed by atoms with Crippen molar-refractivity contribution < 1.29 is 4.79 Å². The Hall–Kier alpha value is -3.72. The minimum Gasteiger partial charge on any atom is -0.369 e. The molecule has 0 aliphatic rings. The van der Waals surface area contributed by atoms with E-state index in [1.165, 1.54) is 6.33 Å². The summed E-state index contributed by atoms with van der Waals surface area (Å²) in [5.41, 5.74) is 3.95. The molecule has 1 atom stereocenters. The summed E-state index contributed by atoms with van der Waals surface area (Å²) in [6.07, 6.45) is 4.90. The lowest BCUT2D eigenvalue weighted by atomic mass is 9.96. The lowest BCUT2D eigenvalue weighted by molar-refractivity contribution is 0.0964. The molecular weight excluding hydrogens is 422 g/mol. The van der Waals surface area contributed by atoms with Crippen LogP contribution in [-0.2, 0) is 0 Å². The van der Waals surface area contributed by atoms with Crippen molar-refractivity contribution in [2.24, 2.45) is 0 Å². The van der Waals surface area contributed by atoms with E-state index in [2.05, 4.69) is 42.5 Å². The number of nitrogens with zero attached hydrogens (tertiary/aromatic N) is 4. The second-order valence-electron chi connectivity index (χ2n) is 7.46.